The molecule has 0 aliphatic rings. The lowest BCUT2D eigenvalue weighted by molar-refractivity contribution is 0.337. The van der Waals surface area contributed by atoms with Crippen LogP contribution in [-0.4, -0.2) is 26.7 Å². The van der Waals surface area contributed by atoms with Gasteiger partial charge in [-0.3, -0.25) is 0 Å². The molecule has 0 amide bonds. The highest BCUT2D eigenvalue weighted by atomic mass is 16.5. The van der Waals surface area contributed by atoms with Crippen molar-refractivity contribution in [3.05, 3.63) is 29.3 Å². The predicted molar refractivity (Wildman–Crippen MR) is 81.8 cm³/mol. The molecule has 19 heavy (non-hydrogen) atoms. The summed E-state index contributed by atoms with van der Waals surface area (Å²) in [5, 5.41) is 6.78. The van der Waals surface area contributed by atoms with Crippen LogP contribution in [0, 0.1) is 12.8 Å². The van der Waals surface area contributed by atoms with Gasteiger partial charge in [-0.25, -0.2) is 0 Å². The van der Waals surface area contributed by atoms with Gasteiger partial charge in [-0.15, -0.1) is 0 Å². The molecule has 0 heterocycles. The van der Waals surface area contributed by atoms with Crippen molar-refractivity contribution >= 4 is 0 Å². The number of rotatable bonds is 9. The molecule has 0 aromatic heterocycles. The number of aryl methyl sites for hydroxylation is 1. The summed E-state index contributed by atoms with van der Waals surface area (Å²) in [5.41, 5.74) is 2.53. The van der Waals surface area contributed by atoms with E-state index in [1.165, 1.54) is 17.5 Å². The zero-order chi connectivity index (χ0) is 14.1. The molecule has 2 N–H and O–H groups in total. The first-order valence-corrected chi connectivity index (χ1v) is 7.28. The van der Waals surface area contributed by atoms with Gasteiger partial charge in [0.05, 0.1) is 6.61 Å². The molecule has 0 saturated carbocycles. The van der Waals surface area contributed by atoms with E-state index in [2.05, 4.69) is 42.7 Å². The van der Waals surface area contributed by atoms with E-state index in [1.807, 2.05) is 14.0 Å². The maximum absolute atomic E-state index is 5.55. The molecule has 3 heteroatoms. The molecule has 1 aromatic rings. The van der Waals surface area contributed by atoms with Crippen molar-refractivity contribution in [2.24, 2.45) is 5.92 Å². The van der Waals surface area contributed by atoms with Crippen molar-refractivity contribution in [1.29, 1.82) is 0 Å². The average molecular weight is 264 g/mol. The van der Waals surface area contributed by atoms with Crippen molar-refractivity contribution in [3.63, 3.8) is 0 Å². The van der Waals surface area contributed by atoms with Gasteiger partial charge >= 0.3 is 0 Å². The van der Waals surface area contributed by atoms with Crippen LogP contribution >= 0.6 is 0 Å². The van der Waals surface area contributed by atoms with Crippen LogP contribution in [0.4, 0.5) is 0 Å². The molecule has 108 valence electrons. The van der Waals surface area contributed by atoms with Gasteiger partial charge in [0.25, 0.3) is 0 Å². The first-order valence-electron chi connectivity index (χ1n) is 7.28. The Labute approximate surface area is 117 Å². The Kier molecular flexibility index (Phi) is 7.53. The third-order valence-electron chi connectivity index (χ3n) is 3.37. The van der Waals surface area contributed by atoms with E-state index in [1.54, 1.807) is 0 Å². The first kappa shape index (κ1) is 16.0. The van der Waals surface area contributed by atoms with Crippen molar-refractivity contribution < 1.29 is 4.74 Å². The highest BCUT2D eigenvalue weighted by molar-refractivity contribution is 5.36. The Hall–Kier alpha value is -1.06. The Balaban J connectivity index is 2.43. The number of nitrogens with one attached hydrogen (secondary N) is 2. The summed E-state index contributed by atoms with van der Waals surface area (Å²) >= 11 is 0. The van der Waals surface area contributed by atoms with Crippen LogP contribution in [0.1, 0.15) is 31.4 Å². The fraction of sp³-hybridized carbons (Fsp3) is 0.625. The van der Waals surface area contributed by atoms with Crippen molar-refractivity contribution in [3.8, 4) is 5.75 Å². The molecule has 1 aromatic carbocycles. The number of ether oxygens (including phenoxy) is 1. The van der Waals surface area contributed by atoms with E-state index in [0.717, 1.165) is 32.0 Å². The molecule has 1 atom stereocenters. The number of hydrogen-bond donors (Lipinski definition) is 2. The summed E-state index contributed by atoms with van der Waals surface area (Å²) in [5.74, 6) is 1.70. The second-order valence-electron chi connectivity index (χ2n) is 5.00. The molecule has 0 radical (unpaired) electrons. The SMILES string of the molecule is CCOc1ccc(CNCC(CC)CNC)cc1C. The van der Waals surface area contributed by atoms with Gasteiger partial charge in [0.15, 0.2) is 0 Å². The van der Waals surface area contributed by atoms with Crippen LogP contribution in [0.2, 0.25) is 0 Å². The minimum atomic E-state index is 0.703. The largest absolute Gasteiger partial charge is 0.494 e. The van der Waals surface area contributed by atoms with E-state index in [-0.39, 0.29) is 0 Å². The van der Waals surface area contributed by atoms with Crippen LogP contribution < -0.4 is 15.4 Å². The standard InChI is InChI=1S/C16H28N2O/c1-5-14(10-17-4)11-18-12-15-7-8-16(19-6-2)13(3)9-15/h7-9,14,17-18H,5-6,10-12H2,1-4H3. The molecule has 0 aliphatic carbocycles. The van der Waals surface area contributed by atoms with E-state index >= 15 is 0 Å². The molecule has 1 rings (SSSR count). The number of hydrogen-bond acceptors (Lipinski definition) is 3. The van der Waals surface area contributed by atoms with Gasteiger partial charge in [0.2, 0.25) is 0 Å². The fourth-order valence-electron chi connectivity index (χ4n) is 2.21. The van der Waals surface area contributed by atoms with E-state index in [4.69, 9.17) is 4.74 Å². The monoisotopic (exact) mass is 264 g/mol. The van der Waals surface area contributed by atoms with Gasteiger partial charge in [-0.05, 0) is 57.1 Å². The van der Waals surface area contributed by atoms with Crippen LogP contribution in [0.5, 0.6) is 5.75 Å². The molecule has 0 saturated heterocycles. The molecule has 3 nitrogen and oxygen atoms in total. The fourth-order valence-corrected chi connectivity index (χ4v) is 2.21. The van der Waals surface area contributed by atoms with E-state index in [0.29, 0.717) is 5.92 Å². The summed E-state index contributed by atoms with van der Waals surface area (Å²) in [7, 11) is 2.01. The highest BCUT2D eigenvalue weighted by Gasteiger charge is 2.05. The van der Waals surface area contributed by atoms with Gasteiger partial charge in [-0.1, -0.05) is 25.5 Å². The van der Waals surface area contributed by atoms with E-state index < -0.39 is 0 Å². The predicted octanol–water partition coefficient (Wildman–Crippen LogP) is 2.73. The maximum atomic E-state index is 5.55. The molecule has 0 spiro atoms. The molecule has 0 aliphatic heterocycles. The van der Waals surface area contributed by atoms with Gasteiger partial charge in [0.1, 0.15) is 5.75 Å². The number of benzene rings is 1. The summed E-state index contributed by atoms with van der Waals surface area (Å²) in [6, 6.07) is 6.42. The Morgan fingerprint density at radius 3 is 2.58 bits per heavy atom. The summed E-state index contributed by atoms with van der Waals surface area (Å²) in [4.78, 5) is 0. The van der Waals surface area contributed by atoms with Gasteiger partial charge in [-0.2, -0.15) is 0 Å². The third kappa shape index (κ3) is 5.62. The topological polar surface area (TPSA) is 33.3 Å². The maximum Gasteiger partial charge on any atom is 0.122 e. The van der Waals surface area contributed by atoms with Crippen molar-refractivity contribution in [2.75, 3.05) is 26.7 Å². The Bertz CT molecular complexity index is 366. The average Bonchev–Trinajstić information content (AvgIpc) is 2.41. The van der Waals surface area contributed by atoms with Crippen LogP contribution in [0.25, 0.3) is 0 Å². The van der Waals surface area contributed by atoms with Crippen LogP contribution in [-0.2, 0) is 6.54 Å². The van der Waals surface area contributed by atoms with Crippen molar-refractivity contribution in [1.82, 2.24) is 10.6 Å². The zero-order valence-corrected chi connectivity index (χ0v) is 12.8. The molecule has 1 unspecified atom stereocenters. The molecule has 0 fully saturated rings. The van der Waals surface area contributed by atoms with Gasteiger partial charge < -0.3 is 15.4 Å². The zero-order valence-electron chi connectivity index (χ0n) is 12.8. The van der Waals surface area contributed by atoms with Crippen molar-refractivity contribution in [2.45, 2.75) is 33.7 Å². The second kappa shape index (κ2) is 8.94. The van der Waals surface area contributed by atoms with Crippen LogP contribution in [0.15, 0.2) is 18.2 Å². The summed E-state index contributed by atoms with van der Waals surface area (Å²) in [6.07, 6.45) is 1.20. The quantitative estimate of drug-likeness (QED) is 0.719. The molecule has 0 bridgehead atoms. The first-order chi connectivity index (χ1) is 9.21. The Morgan fingerprint density at radius 2 is 2.00 bits per heavy atom. The lowest BCUT2D eigenvalue weighted by Gasteiger charge is -2.15. The van der Waals surface area contributed by atoms with E-state index in [9.17, 15) is 0 Å². The summed E-state index contributed by atoms with van der Waals surface area (Å²) < 4.78 is 5.55. The second-order valence-corrected chi connectivity index (χ2v) is 5.00. The summed E-state index contributed by atoms with van der Waals surface area (Å²) in [6.45, 7) is 10.1. The lowest BCUT2D eigenvalue weighted by atomic mass is 10.1. The minimum absolute atomic E-state index is 0.703. The molecular formula is C16H28N2O. The Morgan fingerprint density at radius 1 is 1.21 bits per heavy atom. The lowest BCUT2D eigenvalue weighted by Crippen LogP contribution is -2.29. The van der Waals surface area contributed by atoms with Gasteiger partial charge in [0, 0.05) is 6.54 Å². The smallest absolute Gasteiger partial charge is 0.122 e. The molecular weight excluding hydrogens is 236 g/mol. The van der Waals surface area contributed by atoms with Crippen LogP contribution in [0.3, 0.4) is 0 Å². The highest BCUT2D eigenvalue weighted by Crippen LogP contribution is 2.19. The third-order valence-corrected chi connectivity index (χ3v) is 3.37. The normalized spacial score (nSPS) is 12.4. The minimum Gasteiger partial charge on any atom is -0.494 e.